The Morgan fingerprint density at radius 1 is 1.33 bits per heavy atom. The van der Waals surface area contributed by atoms with Gasteiger partial charge in [0.2, 0.25) is 5.88 Å². The SMILES string of the molecule is CC(Oc1nn(-c2ccccc2)cc1Br)C(=O)NCc1ccco1. The zero-order valence-corrected chi connectivity index (χ0v) is 14.6. The molecule has 1 N–H and O–H groups in total. The number of carbonyl (C=O) groups excluding carboxylic acids is 1. The summed E-state index contributed by atoms with van der Waals surface area (Å²) in [6.07, 6.45) is 2.67. The summed E-state index contributed by atoms with van der Waals surface area (Å²) in [5.41, 5.74) is 0.906. The summed E-state index contributed by atoms with van der Waals surface area (Å²) in [4.78, 5) is 12.1. The lowest BCUT2D eigenvalue weighted by molar-refractivity contribution is -0.127. The number of rotatable bonds is 6. The summed E-state index contributed by atoms with van der Waals surface area (Å²) in [6, 6.07) is 13.2. The van der Waals surface area contributed by atoms with Gasteiger partial charge in [-0.2, -0.15) is 0 Å². The van der Waals surface area contributed by atoms with Crippen molar-refractivity contribution in [2.45, 2.75) is 19.6 Å². The van der Waals surface area contributed by atoms with Gasteiger partial charge in [0, 0.05) is 6.20 Å². The Bertz CT molecular complexity index is 800. The molecule has 1 aromatic carbocycles. The lowest BCUT2D eigenvalue weighted by atomic mass is 10.3. The lowest BCUT2D eigenvalue weighted by Crippen LogP contribution is -2.36. The van der Waals surface area contributed by atoms with Crippen LogP contribution in [0.5, 0.6) is 5.88 Å². The van der Waals surface area contributed by atoms with Crippen LogP contribution in [0.4, 0.5) is 0 Å². The van der Waals surface area contributed by atoms with Gasteiger partial charge in [-0.1, -0.05) is 18.2 Å². The highest BCUT2D eigenvalue weighted by Crippen LogP contribution is 2.25. The molecule has 1 atom stereocenters. The number of nitrogens with one attached hydrogen (secondary N) is 1. The number of carbonyl (C=O) groups is 1. The Balaban J connectivity index is 1.62. The molecule has 2 heterocycles. The van der Waals surface area contributed by atoms with Gasteiger partial charge < -0.3 is 14.5 Å². The van der Waals surface area contributed by atoms with E-state index in [1.54, 1.807) is 36.2 Å². The van der Waals surface area contributed by atoms with Crippen LogP contribution in [0.1, 0.15) is 12.7 Å². The number of nitrogens with zero attached hydrogens (tertiary/aromatic N) is 2. The second kappa shape index (κ2) is 7.35. The monoisotopic (exact) mass is 389 g/mol. The normalized spacial score (nSPS) is 11.9. The second-order valence-electron chi connectivity index (χ2n) is 5.12. The number of halogens is 1. The van der Waals surface area contributed by atoms with Crippen LogP contribution in [0.15, 0.2) is 63.8 Å². The molecule has 0 saturated heterocycles. The first kappa shape index (κ1) is 16.3. The van der Waals surface area contributed by atoms with E-state index in [9.17, 15) is 4.79 Å². The van der Waals surface area contributed by atoms with Crippen LogP contribution >= 0.6 is 15.9 Å². The second-order valence-corrected chi connectivity index (χ2v) is 5.97. The van der Waals surface area contributed by atoms with Gasteiger partial charge in [-0.05, 0) is 47.1 Å². The van der Waals surface area contributed by atoms with Crippen molar-refractivity contribution in [1.29, 1.82) is 0 Å². The highest BCUT2D eigenvalue weighted by Gasteiger charge is 2.18. The molecular weight excluding hydrogens is 374 g/mol. The van der Waals surface area contributed by atoms with Gasteiger partial charge in [-0.25, -0.2) is 4.68 Å². The van der Waals surface area contributed by atoms with E-state index in [0.717, 1.165) is 5.69 Å². The smallest absolute Gasteiger partial charge is 0.261 e. The Morgan fingerprint density at radius 3 is 2.83 bits per heavy atom. The molecule has 124 valence electrons. The number of hydrogen-bond acceptors (Lipinski definition) is 4. The van der Waals surface area contributed by atoms with Gasteiger partial charge in [0.1, 0.15) is 5.76 Å². The summed E-state index contributed by atoms with van der Waals surface area (Å²) >= 11 is 3.41. The minimum absolute atomic E-state index is 0.243. The summed E-state index contributed by atoms with van der Waals surface area (Å²) in [5.74, 6) is 0.803. The van der Waals surface area contributed by atoms with Crippen LogP contribution in [0.25, 0.3) is 5.69 Å². The Hall–Kier alpha value is -2.54. The maximum absolute atomic E-state index is 12.1. The predicted molar refractivity (Wildman–Crippen MR) is 91.9 cm³/mol. The highest BCUT2D eigenvalue weighted by molar-refractivity contribution is 9.10. The van der Waals surface area contributed by atoms with Crippen molar-refractivity contribution in [2.75, 3.05) is 0 Å². The van der Waals surface area contributed by atoms with Gasteiger partial charge >= 0.3 is 0 Å². The first-order valence-electron chi connectivity index (χ1n) is 7.41. The molecule has 6 nitrogen and oxygen atoms in total. The Labute approximate surface area is 147 Å². The van der Waals surface area contributed by atoms with Crippen molar-refractivity contribution in [2.24, 2.45) is 0 Å². The number of ether oxygens (including phenoxy) is 1. The fourth-order valence-corrected chi connectivity index (χ4v) is 2.45. The quantitative estimate of drug-likeness (QED) is 0.701. The molecular formula is C17H16BrN3O3. The third-order valence-electron chi connectivity index (χ3n) is 3.33. The minimum Gasteiger partial charge on any atom is -0.467 e. The van der Waals surface area contributed by atoms with E-state index in [1.165, 1.54) is 0 Å². The predicted octanol–water partition coefficient (Wildman–Crippen LogP) is 3.31. The molecule has 7 heteroatoms. The number of hydrogen-bond donors (Lipinski definition) is 1. The average molecular weight is 390 g/mol. The van der Waals surface area contributed by atoms with Crippen molar-refractivity contribution in [1.82, 2.24) is 15.1 Å². The molecule has 24 heavy (non-hydrogen) atoms. The molecule has 0 aliphatic rings. The lowest BCUT2D eigenvalue weighted by Gasteiger charge is -2.12. The van der Waals surface area contributed by atoms with Crippen LogP contribution in [-0.2, 0) is 11.3 Å². The third kappa shape index (κ3) is 3.86. The topological polar surface area (TPSA) is 69.3 Å². The van der Waals surface area contributed by atoms with Crippen LogP contribution in [-0.4, -0.2) is 21.8 Å². The van der Waals surface area contributed by atoms with E-state index in [-0.39, 0.29) is 5.91 Å². The third-order valence-corrected chi connectivity index (χ3v) is 3.88. The van der Waals surface area contributed by atoms with Crippen molar-refractivity contribution in [3.05, 3.63) is 65.2 Å². The fraction of sp³-hybridized carbons (Fsp3) is 0.176. The first-order valence-corrected chi connectivity index (χ1v) is 8.20. The maximum Gasteiger partial charge on any atom is 0.261 e. The highest BCUT2D eigenvalue weighted by atomic mass is 79.9. The van der Waals surface area contributed by atoms with Crippen LogP contribution in [0.2, 0.25) is 0 Å². The molecule has 0 spiro atoms. The molecule has 0 fully saturated rings. The number of aromatic nitrogens is 2. The summed E-state index contributed by atoms with van der Waals surface area (Å²) in [7, 11) is 0. The van der Waals surface area contributed by atoms with Crippen molar-refractivity contribution in [3.8, 4) is 11.6 Å². The van der Waals surface area contributed by atoms with Crippen molar-refractivity contribution >= 4 is 21.8 Å². The number of benzene rings is 1. The largest absolute Gasteiger partial charge is 0.467 e. The molecule has 0 bridgehead atoms. The van der Waals surface area contributed by atoms with E-state index in [1.807, 2.05) is 30.3 Å². The fourth-order valence-electron chi connectivity index (χ4n) is 2.08. The van der Waals surface area contributed by atoms with E-state index in [2.05, 4.69) is 26.3 Å². The Kier molecular flexibility index (Phi) is 5.00. The zero-order chi connectivity index (χ0) is 16.9. The molecule has 0 aliphatic carbocycles. The molecule has 2 aromatic heterocycles. The molecule has 0 radical (unpaired) electrons. The van der Waals surface area contributed by atoms with Gasteiger partial charge in [-0.15, -0.1) is 5.10 Å². The number of para-hydroxylation sites is 1. The van der Waals surface area contributed by atoms with Gasteiger partial charge in [0.25, 0.3) is 5.91 Å². The maximum atomic E-state index is 12.1. The van der Waals surface area contributed by atoms with Gasteiger partial charge in [0.15, 0.2) is 6.10 Å². The molecule has 1 unspecified atom stereocenters. The Morgan fingerprint density at radius 2 is 2.12 bits per heavy atom. The summed E-state index contributed by atoms with van der Waals surface area (Å²) in [6.45, 7) is 1.99. The average Bonchev–Trinajstić information content (AvgIpc) is 3.24. The van der Waals surface area contributed by atoms with E-state index < -0.39 is 6.10 Å². The molecule has 0 saturated carbocycles. The molecule has 1 amide bonds. The standard InChI is InChI=1S/C17H16BrN3O3/c1-12(16(22)19-10-14-8-5-9-23-14)24-17-15(18)11-21(20-17)13-6-3-2-4-7-13/h2-9,11-12H,10H2,1H3,(H,19,22). The first-order chi connectivity index (χ1) is 11.6. The zero-order valence-electron chi connectivity index (χ0n) is 13.0. The molecule has 3 rings (SSSR count). The molecule has 3 aromatic rings. The van der Waals surface area contributed by atoms with Crippen molar-refractivity contribution < 1.29 is 13.9 Å². The van der Waals surface area contributed by atoms with Crippen molar-refractivity contribution in [3.63, 3.8) is 0 Å². The van der Waals surface area contributed by atoms with E-state index >= 15 is 0 Å². The van der Waals surface area contributed by atoms with E-state index in [4.69, 9.17) is 9.15 Å². The number of furan rings is 1. The van der Waals surface area contributed by atoms with Gasteiger partial charge in [0.05, 0.1) is 23.0 Å². The van der Waals surface area contributed by atoms with E-state index in [0.29, 0.717) is 22.7 Å². The summed E-state index contributed by atoms with van der Waals surface area (Å²) < 4.78 is 13.2. The number of amides is 1. The molecule has 0 aliphatic heterocycles. The summed E-state index contributed by atoms with van der Waals surface area (Å²) in [5, 5.41) is 7.12. The van der Waals surface area contributed by atoms with Crippen LogP contribution < -0.4 is 10.1 Å². The van der Waals surface area contributed by atoms with Crippen LogP contribution in [0, 0.1) is 0 Å². The minimum atomic E-state index is -0.685. The van der Waals surface area contributed by atoms with Gasteiger partial charge in [-0.3, -0.25) is 4.79 Å². The van der Waals surface area contributed by atoms with Crippen LogP contribution in [0.3, 0.4) is 0 Å².